The molecule has 2 aliphatic heterocycles. The SMILES string of the molecule is Cc1cccc(C)c1NC(=O)CN1CCN(CCC(=O)N2CCCCC2)CC1. The Morgan fingerprint density at radius 3 is 2.14 bits per heavy atom. The molecule has 0 saturated carbocycles. The molecule has 2 heterocycles. The van der Waals surface area contributed by atoms with Gasteiger partial charge in [0.25, 0.3) is 0 Å². The van der Waals surface area contributed by atoms with E-state index in [1.807, 2.05) is 36.9 Å². The van der Waals surface area contributed by atoms with Crippen LogP contribution in [0.2, 0.25) is 0 Å². The Bertz CT molecular complexity index is 657. The van der Waals surface area contributed by atoms with Crippen molar-refractivity contribution in [2.75, 3.05) is 57.7 Å². The van der Waals surface area contributed by atoms with Crippen LogP contribution in [0.4, 0.5) is 5.69 Å². The lowest BCUT2D eigenvalue weighted by Gasteiger charge is -2.35. The number of carbonyl (C=O) groups excluding carboxylic acids is 2. The molecule has 0 atom stereocenters. The van der Waals surface area contributed by atoms with Crippen molar-refractivity contribution in [3.05, 3.63) is 29.3 Å². The minimum absolute atomic E-state index is 0.0473. The molecule has 0 unspecified atom stereocenters. The summed E-state index contributed by atoms with van der Waals surface area (Å²) in [4.78, 5) is 31.3. The zero-order chi connectivity index (χ0) is 19.9. The highest BCUT2D eigenvalue weighted by Crippen LogP contribution is 2.19. The molecule has 1 aromatic rings. The molecule has 2 fully saturated rings. The van der Waals surface area contributed by atoms with Gasteiger partial charge in [0.2, 0.25) is 11.8 Å². The number of anilines is 1. The first kappa shape index (κ1) is 20.8. The zero-order valence-corrected chi connectivity index (χ0v) is 17.4. The molecule has 154 valence electrons. The lowest BCUT2D eigenvalue weighted by atomic mass is 10.1. The predicted molar refractivity (Wildman–Crippen MR) is 112 cm³/mol. The Morgan fingerprint density at radius 2 is 1.50 bits per heavy atom. The van der Waals surface area contributed by atoms with Crippen LogP contribution in [-0.2, 0) is 9.59 Å². The van der Waals surface area contributed by atoms with Gasteiger partial charge in [0.05, 0.1) is 6.54 Å². The second-order valence-electron chi connectivity index (χ2n) is 8.12. The van der Waals surface area contributed by atoms with E-state index in [0.29, 0.717) is 18.9 Å². The summed E-state index contributed by atoms with van der Waals surface area (Å²) in [7, 11) is 0. The summed E-state index contributed by atoms with van der Waals surface area (Å²) in [5.74, 6) is 0.348. The maximum Gasteiger partial charge on any atom is 0.238 e. The molecule has 0 aliphatic carbocycles. The van der Waals surface area contributed by atoms with Crippen molar-refractivity contribution in [1.82, 2.24) is 14.7 Å². The van der Waals surface area contributed by atoms with Crippen molar-refractivity contribution >= 4 is 17.5 Å². The Morgan fingerprint density at radius 1 is 0.893 bits per heavy atom. The third-order valence-electron chi connectivity index (χ3n) is 5.93. The van der Waals surface area contributed by atoms with E-state index in [9.17, 15) is 9.59 Å². The van der Waals surface area contributed by atoms with E-state index >= 15 is 0 Å². The van der Waals surface area contributed by atoms with E-state index in [4.69, 9.17) is 0 Å². The van der Waals surface area contributed by atoms with Crippen molar-refractivity contribution in [1.29, 1.82) is 0 Å². The van der Waals surface area contributed by atoms with Gasteiger partial charge in [-0.2, -0.15) is 0 Å². The number of likely N-dealkylation sites (tertiary alicyclic amines) is 1. The molecule has 1 aromatic carbocycles. The molecule has 2 saturated heterocycles. The Labute approximate surface area is 168 Å². The molecule has 0 bridgehead atoms. The number of nitrogens with zero attached hydrogens (tertiary/aromatic N) is 3. The normalized spacial score (nSPS) is 18.9. The van der Waals surface area contributed by atoms with Gasteiger partial charge >= 0.3 is 0 Å². The van der Waals surface area contributed by atoms with Crippen LogP contribution < -0.4 is 5.32 Å². The van der Waals surface area contributed by atoms with E-state index in [2.05, 4.69) is 15.1 Å². The molecule has 2 aliphatic rings. The molecular weight excluding hydrogens is 352 g/mol. The topological polar surface area (TPSA) is 55.9 Å². The van der Waals surface area contributed by atoms with Crippen LogP contribution in [0.15, 0.2) is 18.2 Å². The van der Waals surface area contributed by atoms with E-state index in [-0.39, 0.29) is 5.91 Å². The Kier molecular flexibility index (Phi) is 7.45. The quantitative estimate of drug-likeness (QED) is 0.815. The number of nitrogens with one attached hydrogen (secondary N) is 1. The fourth-order valence-corrected chi connectivity index (χ4v) is 4.12. The monoisotopic (exact) mass is 386 g/mol. The minimum atomic E-state index is 0.0473. The maximum atomic E-state index is 12.4. The number of para-hydroxylation sites is 1. The van der Waals surface area contributed by atoms with E-state index in [0.717, 1.165) is 75.5 Å². The highest BCUT2D eigenvalue weighted by molar-refractivity contribution is 5.93. The Hall–Kier alpha value is -1.92. The molecule has 6 nitrogen and oxygen atoms in total. The molecular formula is C22H34N4O2. The number of rotatable bonds is 6. The maximum absolute atomic E-state index is 12.4. The summed E-state index contributed by atoms with van der Waals surface area (Å²) in [6.45, 7) is 10.7. The van der Waals surface area contributed by atoms with Crippen molar-refractivity contribution in [2.24, 2.45) is 0 Å². The summed E-state index contributed by atoms with van der Waals surface area (Å²) in [6, 6.07) is 6.05. The fourth-order valence-electron chi connectivity index (χ4n) is 4.12. The van der Waals surface area contributed by atoms with Crippen molar-refractivity contribution in [3.63, 3.8) is 0 Å². The van der Waals surface area contributed by atoms with Crippen LogP contribution in [0.3, 0.4) is 0 Å². The van der Waals surface area contributed by atoms with Crippen LogP contribution in [-0.4, -0.2) is 78.9 Å². The highest BCUT2D eigenvalue weighted by atomic mass is 16.2. The van der Waals surface area contributed by atoms with Crippen LogP contribution in [0.25, 0.3) is 0 Å². The summed E-state index contributed by atoms with van der Waals surface area (Å²) in [5.41, 5.74) is 3.12. The summed E-state index contributed by atoms with van der Waals surface area (Å²) in [5, 5.41) is 3.07. The van der Waals surface area contributed by atoms with Crippen molar-refractivity contribution < 1.29 is 9.59 Å². The second kappa shape index (κ2) is 10.0. The summed E-state index contributed by atoms with van der Waals surface area (Å²) < 4.78 is 0. The van der Waals surface area contributed by atoms with Gasteiger partial charge in [-0.25, -0.2) is 0 Å². The minimum Gasteiger partial charge on any atom is -0.343 e. The number of piperidine rings is 1. The molecule has 3 rings (SSSR count). The third-order valence-corrected chi connectivity index (χ3v) is 5.93. The first-order chi connectivity index (χ1) is 13.5. The first-order valence-electron chi connectivity index (χ1n) is 10.6. The van der Waals surface area contributed by atoms with Crippen molar-refractivity contribution in [2.45, 2.75) is 39.5 Å². The number of amides is 2. The summed E-state index contributed by atoms with van der Waals surface area (Å²) >= 11 is 0. The average Bonchev–Trinajstić information content (AvgIpc) is 2.71. The van der Waals surface area contributed by atoms with Crippen LogP contribution in [0, 0.1) is 13.8 Å². The molecule has 0 radical (unpaired) electrons. The average molecular weight is 387 g/mol. The number of benzene rings is 1. The van der Waals surface area contributed by atoms with Gasteiger partial charge in [0.15, 0.2) is 0 Å². The highest BCUT2D eigenvalue weighted by Gasteiger charge is 2.21. The van der Waals surface area contributed by atoms with E-state index in [1.54, 1.807) is 0 Å². The van der Waals surface area contributed by atoms with Crippen LogP contribution in [0.5, 0.6) is 0 Å². The molecule has 0 spiro atoms. The van der Waals surface area contributed by atoms with Crippen LogP contribution >= 0.6 is 0 Å². The first-order valence-corrected chi connectivity index (χ1v) is 10.6. The lowest BCUT2D eigenvalue weighted by molar-refractivity contribution is -0.132. The van der Waals surface area contributed by atoms with Gasteiger partial charge < -0.3 is 15.1 Å². The number of hydrogen-bond acceptors (Lipinski definition) is 4. The Balaban J connectivity index is 1.37. The number of piperazine rings is 1. The molecule has 1 N–H and O–H groups in total. The van der Waals surface area contributed by atoms with Gasteiger partial charge in [-0.15, -0.1) is 0 Å². The standard InChI is InChI=1S/C22H34N4O2/c1-18-7-6-8-19(2)22(18)23-20(27)17-25-15-13-24(14-16-25)12-9-21(28)26-10-4-3-5-11-26/h6-8H,3-5,9-17H2,1-2H3,(H,23,27). The van der Waals surface area contributed by atoms with Gasteiger partial charge in [0, 0.05) is 57.9 Å². The van der Waals surface area contributed by atoms with Gasteiger partial charge in [0.1, 0.15) is 0 Å². The molecule has 0 aromatic heterocycles. The number of aryl methyl sites for hydroxylation is 2. The molecule has 2 amide bonds. The number of hydrogen-bond donors (Lipinski definition) is 1. The smallest absolute Gasteiger partial charge is 0.238 e. The molecule has 6 heteroatoms. The molecule has 28 heavy (non-hydrogen) atoms. The zero-order valence-electron chi connectivity index (χ0n) is 17.4. The fraction of sp³-hybridized carbons (Fsp3) is 0.636. The lowest BCUT2D eigenvalue weighted by Crippen LogP contribution is -2.49. The summed E-state index contributed by atoms with van der Waals surface area (Å²) in [6.07, 6.45) is 4.17. The van der Waals surface area contributed by atoms with Gasteiger partial charge in [-0.1, -0.05) is 18.2 Å². The van der Waals surface area contributed by atoms with Gasteiger partial charge in [-0.05, 0) is 44.2 Å². The van der Waals surface area contributed by atoms with Crippen molar-refractivity contribution in [3.8, 4) is 0 Å². The van der Waals surface area contributed by atoms with Crippen LogP contribution in [0.1, 0.15) is 36.8 Å². The largest absolute Gasteiger partial charge is 0.343 e. The number of carbonyl (C=O) groups is 2. The predicted octanol–water partition coefficient (Wildman–Crippen LogP) is 2.26. The third kappa shape index (κ3) is 5.79. The van der Waals surface area contributed by atoms with Gasteiger partial charge in [-0.3, -0.25) is 14.5 Å². The van der Waals surface area contributed by atoms with E-state index in [1.165, 1.54) is 6.42 Å². The second-order valence-corrected chi connectivity index (χ2v) is 8.12. The van der Waals surface area contributed by atoms with E-state index < -0.39 is 0 Å².